The number of carbonyl (C=O) groups excluding carboxylic acids is 4. The van der Waals surface area contributed by atoms with E-state index in [0.29, 0.717) is 31.3 Å². The topological polar surface area (TPSA) is 136 Å². The highest BCUT2D eigenvalue weighted by Crippen LogP contribution is 2.65. The zero-order valence-electron chi connectivity index (χ0n) is 32.9. The molecule has 1 aromatic carbocycles. The van der Waals surface area contributed by atoms with Crippen LogP contribution in [0.4, 0.5) is 9.59 Å². The third kappa shape index (κ3) is 7.90. The van der Waals surface area contributed by atoms with Gasteiger partial charge in [0.05, 0.1) is 24.2 Å². The Morgan fingerprint density at radius 3 is 2.41 bits per heavy atom. The molecule has 3 aliphatic carbocycles. The number of nitrogens with zero attached hydrogens (tertiary/aromatic N) is 2. The molecule has 4 unspecified atom stereocenters. The van der Waals surface area contributed by atoms with Crippen molar-refractivity contribution < 1.29 is 38.0 Å². The normalized spacial score (nSPS) is 34.6. The van der Waals surface area contributed by atoms with Crippen LogP contribution in [0.25, 0.3) is 0 Å². The highest BCUT2D eigenvalue weighted by Gasteiger charge is 2.68. The summed E-state index contributed by atoms with van der Waals surface area (Å²) in [5.41, 5.74) is 1.12. The minimum absolute atomic E-state index is 0.0129. The van der Waals surface area contributed by atoms with Gasteiger partial charge in [0.1, 0.15) is 23.8 Å². The first-order chi connectivity index (χ1) is 25.6. The molecule has 54 heavy (non-hydrogen) atoms. The maximum absolute atomic E-state index is 14.5. The zero-order chi connectivity index (χ0) is 38.4. The minimum atomic E-state index is -0.989. The number of alkyl carbamates (subject to hydrolysis) is 1. The molecule has 2 saturated heterocycles. The molecule has 1 aromatic rings. The Labute approximate surface area is 320 Å². The van der Waals surface area contributed by atoms with Crippen LogP contribution in [0.15, 0.2) is 36.4 Å². The van der Waals surface area contributed by atoms with Crippen molar-refractivity contribution in [3.8, 4) is 0 Å². The van der Waals surface area contributed by atoms with E-state index in [9.17, 15) is 19.2 Å². The fourth-order valence-electron chi connectivity index (χ4n) is 9.88. The smallest absolute Gasteiger partial charge is 0.444 e. The second kappa shape index (κ2) is 15.2. The number of benzene rings is 1. The summed E-state index contributed by atoms with van der Waals surface area (Å²) in [6, 6.07) is 5.96. The molecular weight excluding hydrogens is 687 g/mol. The fourth-order valence-corrected chi connectivity index (χ4v) is 9.88. The molecule has 294 valence electrons. The largest absolute Gasteiger partial charge is 0.481 e. The van der Waals surface area contributed by atoms with Crippen molar-refractivity contribution in [3.63, 3.8) is 0 Å². The maximum Gasteiger partial charge on any atom is 0.481 e. The van der Waals surface area contributed by atoms with E-state index in [2.05, 4.69) is 31.4 Å². The van der Waals surface area contributed by atoms with Crippen LogP contribution in [0.1, 0.15) is 117 Å². The van der Waals surface area contributed by atoms with Gasteiger partial charge in [-0.15, -0.1) is 0 Å². The maximum atomic E-state index is 14.5. The molecule has 0 radical (unpaired) electrons. The molecular formula is C41H59BN4O8. The number of hydrogen-bond donors (Lipinski definition) is 2. The molecule has 5 fully saturated rings. The number of carbonyl (C=O) groups is 4. The molecule has 13 heteroatoms. The lowest BCUT2D eigenvalue weighted by atomic mass is 9.43. The van der Waals surface area contributed by atoms with Crippen LogP contribution in [0.5, 0.6) is 0 Å². The summed E-state index contributed by atoms with van der Waals surface area (Å²) < 4.78 is 25.1. The average molecular weight is 747 g/mol. The van der Waals surface area contributed by atoms with Gasteiger partial charge < -0.3 is 34.3 Å². The average Bonchev–Trinajstić information content (AvgIpc) is 3.83. The van der Waals surface area contributed by atoms with Crippen LogP contribution in [0, 0.1) is 17.3 Å². The monoisotopic (exact) mass is 746 g/mol. The van der Waals surface area contributed by atoms with Gasteiger partial charge in [-0.2, -0.15) is 0 Å². The van der Waals surface area contributed by atoms with Crippen molar-refractivity contribution in [2.75, 3.05) is 6.54 Å². The van der Waals surface area contributed by atoms with Crippen molar-refractivity contribution in [1.82, 2.24) is 20.4 Å². The Morgan fingerprint density at radius 2 is 1.70 bits per heavy atom. The lowest BCUT2D eigenvalue weighted by Gasteiger charge is -2.64. The van der Waals surface area contributed by atoms with Crippen molar-refractivity contribution in [3.05, 3.63) is 47.5 Å². The third-order valence-corrected chi connectivity index (χ3v) is 13.0. The second-order valence-electron chi connectivity index (χ2n) is 18.2. The quantitative estimate of drug-likeness (QED) is 0.282. The van der Waals surface area contributed by atoms with Gasteiger partial charge in [-0.1, -0.05) is 69.5 Å². The molecule has 2 bridgehead atoms. The van der Waals surface area contributed by atoms with Crippen molar-refractivity contribution in [1.29, 1.82) is 0 Å². The van der Waals surface area contributed by atoms with Crippen molar-refractivity contribution in [2.45, 2.75) is 160 Å². The van der Waals surface area contributed by atoms with E-state index in [0.717, 1.165) is 56.1 Å². The van der Waals surface area contributed by atoms with E-state index < -0.39 is 60.5 Å². The molecule has 4 heterocycles. The lowest BCUT2D eigenvalue weighted by molar-refractivity contribution is -0.199. The summed E-state index contributed by atoms with van der Waals surface area (Å²) in [5, 5.41) is 6.05. The first-order valence-electron chi connectivity index (χ1n) is 20.2. The molecule has 3 saturated carbocycles. The number of nitrogens with one attached hydrogen (secondary N) is 2. The predicted molar refractivity (Wildman–Crippen MR) is 203 cm³/mol. The standard InChI is InChI=1S/C41H59BN4O8/c1-39(2,3)52-37(49)43-30-18-12-10-8-7-9-11-13-19-34(42-53-33-21-28-20-32(40(28,4)5)41(33,6)54-42)44-35(47)31-22-29(25-46(31)36(30)48)51-38(50)45-23-26-16-14-15-17-27(26)24-45/h10,12,14-17,28-34H,7-9,11,13,18-25H2,1-6H3,(H,43,49)(H,44,47)/b12-10-/t28?,29-,30+,31+,32?,33?,34-,41?/m1/s1. The Balaban J connectivity index is 1.12. The third-order valence-electron chi connectivity index (χ3n) is 13.0. The number of rotatable bonds is 3. The highest BCUT2D eigenvalue weighted by molar-refractivity contribution is 6.48. The van der Waals surface area contributed by atoms with Crippen LogP contribution < -0.4 is 10.6 Å². The lowest BCUT2D eigenvalue weighted by Crippen LogP contribution is -2.65. The molecule has 7 aliphatic rings. The number of hydrogen-bond acceptors (Lipinski definition) is 8. The SMILES string of the molecule is CC(C)(C)OC(=O)N[C@H]1C/C=C\CCCCCC[C@H](B2OC3CC4CC(C4(C)C)C3(C)O2)NC(=O)[C@@H]2C[C@@H](OC(=O)N3Cc4ccccc4C3)CN2C1=O. The van der Waals surface area contributed by atoms with Crippen molar-refractivity contribution >= 4 is 31.1 Å². The Bertz CT molecular complexity index is 1600. The van der Waals surface area contributed by atoms with E-state index >= 15 is 0 Å². The first-order valence-corrected chi connectivity index (χ1v) is 20.2. The summed E-state index contributed by atoms with van der Waals surface area (Å²) in [5.74, 6) is -0.236. The summed E-state index contributed by atoms with van der Waals surface area (Å²) in [4.78, 5) is 58.7. The number of amides is 4. The zero-order valence-corrected chi connectivity index (χ0v) is 32.9. The summed E-state index contributed by atoms with van der Waals surface area (Å²) in [7, 11) is -0.613. The highest BCUT2D eigenvalue weighted by atomic mass is 16.7. The van der Waals surface area contributed by atoms with Crippen LogP contribution in [0.2, 0.25) is 0 Å². The molecule has 12 nitrogen and oxygen atoms in total. The van der Waals surface area contributed by atoms with E-state index in [4.69, 9.17) is 18.8 Å². The molecule has 0 spiro atoms. The number of allylic oxidation sites excluding steroid dienone is 1. The Morgan fingerprint density at radius 1 is 0.981 bits per heavy atom. The molecule has 4 aliphatic heterocycles. The summed E-state index contributed by atoms with van der Waals surface area (Å²) in [6.45, 7) is 13.0. The molecule has 8 rings (SSSR count). The van der Waals surface area contributed by atoms with Gasteiger partial charge in [0.25, 0.3) is 0 Å². The van der Waals surface area contributed by atoms with Crippen LogP contribution in [0.3, 0.4) is 0 Å². The van der Waals surface area contributed by atoms with Gasteiger partial charge in [0.15, 0.2) is 0 Å². The molecule has 8 atom stereocenters. The summed E-state index contributed by atoms with van der Waals surface area (Å²) in [6.07, 6.45) is 9.85. The van der Waals surface area contributed by atoms with Crippen LogP contribution in [-0.4, -0.2) is 88.9 Å². The second-order valence-corrected chi connectivity index (χ2v) is 18.2. The van der Waals surface area contributed by atoms with E-state index in [1.54, 1.807) is 25.7 Å². The fraction of sp³-hybridized carbons (Fsp3) is 0.707. The van der Waals surface area contributed by atoms with E-state index in [-0.39, 0.29) is 36.8 Å². The molecule has 0 aromatic heterocycles. The van der Waals surface area contributed by atoms with Gasteiger partial charge in [-0.3, -0.25) is 14.5 Å². The van der Waals surface area contributed by atoms with E-state index in [1.165, 1.54) is 4.90 Å². The van der Waals surface area contributed by atoms with Crippen molar-refractivity contribution in [2.24, 2.45) is 17.3 Å². The Kier molecular flexibility index (Phi) is 10.9. The van der Waals surface area contributed by atoms with Gasteiger partial charge in [-0.05, 0) is 94.6 Å². The molecule has 2 N–H and O–H groups in total. The van der Waals surface area contributed by atoms with Gasteiger partial charge >= 0.3 is 19.3 Å². The van der Waals surface area contributed by atoms with Gasteiger partial charge in [-0.25, -0.2) is 9.59 Å². The predicted octanol–water partition coefficient (Wildman–Crippen LogP) is 6.05. The summed E-state index contributed by atoms with van der Waals surface area (Å²) >= 11 is 0. The van der Waals surface area contributed by atoms with Crippen LogP contribution in [-0.2, 0) is 41.5 Å². The van der Waals surface area contributed by atoms with Gasteiger partial charge in [0.2, 0.25) is 11.8 Å². The van der Waals surface area contributed by atoms with Crippen LogP contribution >= 0.6 is 0 Å². The first kappa shape index (κ1) is 38.7. The Hall–Kier alpha value is -3.58. The molecule has 4 amide bonds. The minimum Gasteiger partial charge on any atom is -0.444 e. The van der Waals surface area contributed by atoms with Gasteiger partial charge in [0, 0.05) is 19.5 Å². The number of fused-ring (bicyclic) bond motifs is 2. The number of ether oxygens (including phenoxy) is 2. The van der Waals surface area contributed by atoms with E-state index in [1.807, 2.05) is 36.4 Å².